The van der Waals surface area contributed by atoms with Crippen LogP contribution in [0.1, 0.15) is 18.9 Å². The number of hydrogen-bond donors (Lipinski definition) is 3. The van der Waals surface area contributed by atoms with E-state index >= 15 is 0 Å². The summed E-state index contributed by atoms with van der Waals surface area (Å²) in [6.07, 6.45) is 1.84. The van der Waals surface area contributed by atoms with Gasteiger partial charge >= 0.3 is 0 Å². The largest absolute Gasteiger partial charge is 0.396 e. The zero-order valence-corrected chi connectivity index (χ0v) is 14.3. The molecule has 0 radical (unpaired) electrons. The van der Waals surface area contributed by atoms with Crippen LogP contribution in [0.25, 0.3) is 0 Å². The number of para-hydroxylation sites is 1. The number of aliphatic hydroxyl groups excluding tert-OH is 1. The quantitative estimate of drug-likeness (QED) is 0.705. The number of thioether (sulfide) groups is 1. The first-order chi connectivity index (χ1) is 11.5. The molecule has 0 saturated heterocycles. The van der Waals surface area contributed by atoms with Crippen LogP contribution in [0.5, 0.6) is 0 Å². The number of rotatable bonds is 4. The Morgan fingerprint density at radius 1 is 1.29 bits per heavy atom. The van der Waals surface area contributed by atoms with Crippen LogP contribution in [-0.4, -0.2) is 41.1 Å². The number of nitrogens with zero attached hydrogens (tertiary/aromatic N) is 1. The second-order valence-corrected chi connectivity index (χ2v) is 6.50. The molecule has 0 unspecified atom stereocenters. The summed E-state index contributed by atoms with van der Waals surface area (Å²) in [5.41, 5.74) is 6.46. The fraction of sp³-hybridized carbons (Fsp3) is 0.438. The smallest absolute Gasteiger partial charge is 0.298 e. The number of carbonyl (C=O) groups excluding carboxylic acids is 3. The molecule has 1 aliphatic rings. The highest BCUT2D eigenvalue weighted by atomic mass is 32.2. The maximum absolute atomic E-state index is 12.4. The molecule has 8 heteroatoms. The standard InChI is InChI=1S/C16H21N3O4S/c1-11(9-20)15(22)17-18-16(23)24-10-14(21)19-8-4-6-12-5-2-3-7-13(12)19/h2-3,5,7,11,20H,4,6,8-10H2,1H3,(H,17,22)(H,18,23)/t11-/m1/s1. The molecule has 1 aromatic carbocycles. The molecule has 24 heavy (non-hydrogen) atoms. The van der Waals surface area contributed by atoms with Gasteiger partial charge in [0.1, 0.15) is 0 Å². The third kappa shape index (κ3) is 4.72. The van der Waals surface area contributed by atoms with Gasteiger partial charge in [-0.1, -0.05) is 36.9 Å². The van der Waals surface area contributed by atoms with Gasteiger partial charge in [0.15, 0.2) is 0 Å². The number of aliphatic hydroxyl groups is 1. The highest BCUT2D eigenvalue weighted by molar-refractivity contribution is 8.14. The summed E-state index contributed by atoms with van der Waals surface area (Å²) in [6.45, 7) is 1.87. The highest BCUT2D eigenvalue weighted by Crippen LogP contribution is 2.27. The Balaban J connectivity index is 1.81. The van der Waals surface area contributed by atoms with Crippen LogP contribution in [0, 0.1) is 5.92 Å². The molecular weight excluding hydrogens is 330 g/mol. The van der Waals surface area contributed by atoms with E-state index in [2.05, 4.69) is 10.9 Å². The van der Waals surface area contributed by atoms with Gasteiger partial charge in [-0.15, -0.1) is 0 Å². The van der Waals surface area contributed by atoms with Crippen LogP contribution in [0.15, 0.2) is 24.3 Å². The third-order valence-electron chi connectivity index (χ3n) is 3.75. The van der Waals surface area contributed by atoms with E-state index in [1.165, 1.54) is 6.92 Å². The van der Waals surface area contributed by atoms with E-state index in [4.69, 9.17) is 5.11 Å². The van der Waals surface area contributed by atoms with Gasteiger partial charge in [-0.25, -0.2) is 0 Å². The van der Waals surface area contributed by atoms with E-state index in [0.717, 1.165) is 35.9 Å². The number of fused-ring (bicyclic) bond motifs is 1. The molecule has 0 aromatic heterocycles. The molecular formula is C16H21N3O4S. The van der Waals surface area contributed by atoms with Crippen molar-refractivity contribution in [1.82, 2.24) is 10.9 Å². The van der Waals surface area contributed by atoms with Crippen molar-refractivity contribution in [2.24, 2.45) is 5.92 Å². The Morgan fingerprint density at radius 2 is 2.04 bits per heavy atom. The van der Waals surface area contributed by atoms with Crippen molar-refractivity contribution in [3.63, 3.8) is 0 Å². The average Bonchev–Trinajstić information content (AvgIpc) is 2.62. The molecule has 1 aliphatic heterocycles. The van der Waals surface area contributed by atoms with E-state index in [-0.39, 0.29) is 18.3 Å². The Morgan fingerprint density at radius 3 is 2.79 bits per heavy atom. The lowest BCUT2D eigenvalue weighted by Crippen LogP contribution is -2.44. The van der Waals surface area contributed by atoms with E-state index in [0.29, 0.717) is 6.54 Å². The number of anilines is 1. The molecule has 1 atom stereocenters. The Labute approximate surface area is 144 Å². The van der Waals surface area contributed by atoms with Gasteiger partial charge in [-0.3, -0.25) is 25.2 Å². The van der Waals surface area contributed by atoms with Gasteiger partial charge in [-0.2, -0.15) is 0 Å². The highest BCUT2D eigenvalue weighted by Gasteiger charge is 2.22. The Kier molecular flexibility index (Phi) is 6.62. The molecule has 1 aromatic rings. The molecule has 0 spiro atoms. The minimum Gasteiger partial charge on any atom is -0.396 e. The summed E-state index contributed by atoms with van der Waals surface area (Å²) in [5, 5.41) is 8.32. The molecule has 0 saturated carbocycles. The SMILES string of the molecule is C[C@H](CO)C(=O)NNC(=O)SCC(=O)N1CCCc2ccccc21. The third-order valence-corrected chi connectivity index (χ3v) is 4.50. The maximum atomic E-state index is 12.4. The predicted octanol–water partition coefficient (Wildman–Crippen LogP) is 1.07. The Bertz CT molecular complexity index is 623. The van der Waals surface area contributed by atoms with E-state index in [1.807, 2.05) is 24.3 Å². The van der Waals surface area contributed by atoms with Gasteiger partial charge in [0.25, 0.3) is 5.24 Å². The van der Waals surface area contributed by atoms with E-state index < -0.39 is 17.1 Å². The van der Waals surface area contributed by atoms with Gasteiger partial charge < -0.3 is 10.0 Å². The fourth-order valence-corrected chi connectivity index (χ4v) is 2.89. The lowest BCUT2D eigenvalue weighted by molar-refractivity contribution is -0.126. The topological polar surface area (TPSA) is 98.7 Å². The average molecular weight is 351 g/mol. The van der Waals surface area contributed by atoms with Crippen molar-refractivity contribution in [3.8, 4) is 0 Å². The Hall–Kier alpha value is -2.06. The van der Waals surface area contributed by atoms with E-state index in [1.54, 1.807) is 4.90 Å². The molecule has 0 aliphatic carbocycles. The fourth-order valence-electron chi connectivity index (χ4n) is 2.35. The lowest BCUT2D eigenvalue weighted by atomic mass is 10.0. The molecule has 0 bridgehead atoms. The van der Waals surface area contributed by atoms with Crippen molar-refractivity contribution >= 4 is 34.5 Å². The normalized spacial score (nSPS) is 14.5. The molecule has 1 heterocycles. The maximum Gasteiger partial charge on any atom is 0.298 e. The summed E-state index contributed by atoms with van der Waals surface area (Å²) in [4.78, 5) is 37.2. The van der Waals surface area contributed by atoms with Gasteiger partial charge in [0.05, 0.1) is 18.3 Å². The molecule has 3 amide bonds. The first-order valence-electron chi connectivity index (χ1n) is 7.74. The van der Waals surface area contributed by atoms with Gasteiger partial charge in [0.2, 0.25) is 11.8 Å². The minimum absolute atomic E-state index is 0.00834. The van der Waals surface area contributed by atoms with Gasteiger partial charge in [-0.05, 0) is 24.5 Å². The van der Waals surface area contributed by atoms with Gasteiger partial charge in [0, 0.05) is 12.2 Å². The van der Waals surface area contributed by atoms with Crippen LogP contribution in [-0.2, 0) is 16.0 Å². The second-order valence-electron chi connectivity index (χ2n) is 5.55. The number of nitrogens with one attached hydrogen (secondary N) is 2. The molecule has 130 valence electrons. The van der Waals surface area contributed by atoms with Crippen LogP contribution in [0.2, 0.25) is 0 Å². The summed E-state index contributed by atoms with van der Waals surface area (Å²) < 4.78 is 0. The summed E-state index contributed by atoms with van der Waals surface area (Å²) in [7, 11) is 0. The van der Waals surface area contributed by atoms with Crippen molar-refractivity contribution < 1.29 is 19.5 Å². The van der Waals surface area contributed by atoms with Crippen molar-refractivity contribution in [2.75, 3.05) is 23.8 Å². The van der Waals surface area contributed by atoms with E-state index in [9.17, 15) is 14.4 Å². The number of hydrogen-bond acceptors (Lipinski definition) is 5. The minimum atomic E-state index is -0.609. The first kappa shape index (κ1) is 18.3. The van der Waals surface area contributed by atoms with Crippen LogP contribution in [0.3, 0.4) is 0 Å². The molecule has 7 nitrogen and oxygen atoms in total. The predicted molar refractivity (Wildman–Crippen MR) is 92.5 cm³/mol. The number of amides is 3. The monoisotopic (exact) mass is 351 g/mol. The molecule has 2 rings (SSSR count). The van der Waals surface area contributed by atoms with Crippen molar-refractivity contribution in [3.05, 3.63) is 29.8 Å². The number of benzene rings is 1. The number of carbonyl (C=O) groups is 3. The van der Waals surface area contributed by atoms with Crippen LogP contribution < -0.4 is 15.8 Å². The molecule has 0 fully saturated rings. The summed E-state index contributed by atoms with van der Waals surface area (Å²) in [5.74, 6) is -1.24. The first-order valence-corrected chi connectivity index (χ1v) is 8.73. The van der Waals surface area contributed by atoms with Crippen LogP contribution >= 0.6 is 11.8 Å². The summed E-state index contributed by atoms with van der Waals surface area (Å²) >= 11 is 0.796. The van der Waals surface area contributed by atoms with Crippen LogP contribution in [0.4, 0.5) is 10.5 Å². The molecule has 3 N–H and O–H groups in total. The summed E-state index contributed by atoms with van der Waals surface area (Å²) in [6, 6.07) is 7.76. The number of hydrazine groups is 1. The van der Waals surface area contributed by atoms with Crippen molar-refractivity contribution in [2.45, 2.75) is 19.8 Å². The zero-order chi connectivity index (χ0) is 17.5. The zero-order valence-electron chi connectivity index (χ0n) is 13.4. The lowest BCUT2D eigenvalue weighted by Gasteiger charge is -2.29. The van der Waals surface area contributed by atoms with Crippen molar-refractivity contribution in [1.29, 1.82) is 0 Å². The number of aryl methyl sites for hydroxylation is 1. The second kappa shape index (κ2) is 8.70.